The number of aliphatic hydroxyl groups is 1. The number of sulfonamides is 1. The number of aliphatic hydroxyl groups excluding tert-OH is 1. The molecule has 0 unspecified atom stereocenters. The Bertz CT molecular complexity index is 960. The number of nitrogens with two attached hydrogens (primary N) is 1. The minimum atomic E-state index is -3.93. The van der Waals surface area contributed by atoms with E-state index < -0.39 is 16.1 Å². The van der Waals surface area contributed by atoms with Crippen LogP contribution in [0.4, 0.5) is 0 Å². The molecule has 144 valence electrons. The first-order valence-corrected chi connectivity index (χ1v) is 10.2. The van der Waals surface area contributed by atoms with Crippen molar-refractivity contribution in [2.45, 2.75) is 31.3 Å². The zero-order valence-corrected chi connectivity index (χ0v) is 16.1. The second-order valence-corrected chi connectivity index (χ2v) is 8.55. The Kier molecular flexibility index (Phi) is 5.32. The zero-order chi connectivity index (χ0) is 19.8. The van der Waals surface area contributed by atoms with Crippen LogP contribution in [-0.4, -0.2) is 48.5 Å². The van der Waals surface area contributed by atoms with Crippen LogP contribution in [-0.2, 0) is 16.4 Å². The van der Waals surface area contributed by atoms with Crippen LogP contribution in [0.5, 0.6) is 0 Å². The number of benzene rings is 1. The Morgan fingerprint density at radius 2 is 2.04 bits per heavy atom. The number of carbonyl (C=O) groups is 1. The van der Waals surface area contributed by atoms with Crippen molar-refractivity contribution in [3.8, 4) is 0 Å². The van der Waals surface area contributed by atoms with E-state index >= 15 is 0 Å². The highest BCUT2D eigenvalue weighted by Gasteiger charge is 2.35. The van der Waals surface area contributed by atoms with E-state index in [-0.39, 0.29) is 28.8 Å². The number of likely N-dealkylation sites (tertiary alicyclic amines) is 1. The number of β-amino-alcohol motifs (C(OH)–C–C–N with tert-alkyl or cyclic N) is 1. The van der Waals surface area contributed by atoms with Gasteiger partial charge in [-0.05, 0) is 55.7 Å². The van der Waals surface area contributed by atoms with Crippen LogP contribution in [0, 0.1) is 19.8 Å². The summed E-state index contributed by atoms with van der Waals surface area (Å²) in [6.07, 6.45) is 1.62. The van der Waals surface area contributed by atoms with Crippen LogP contribution in [0.25, 0.3) is 0 Å². The normalized spacial score (nSPS) is 20.1. The van der Waals surface area contributed by atoms with Crippen LogP contribution in [0.1, 0.15) is 27.2 Å². The third-order valence-corrected chi connectivity index (χ3v) is 6.10. The number of hydrogen-bond donors (Lipinski definition) is 2. The van der Waals surface area contributed by atoms with Crippen LogP contribution in [0.15, 0.2) is 41.4 Å². The topological polar surface area (TPSA) is 114 Å². The standard InChI is InChI=1S/C19H23N3O4S/c1-12-7-14(9-18(13(12)2)27(20,25)26)19(24)22-10-15(17(23)11-22)8-16-5-3-4-6-21-16/h3-7,9,15,17,23H,8,10-11H2,1-2H3,(H2,20,25,26)/t15-,17-/m1/s1. The van der Waals surface area contributed by atoms with Crippen LogP contribution >= 0.6 is 0 Å². The van der Waals surface area contributed by atoms with E-state index in [0.717, 1.165) is 5.69 Å². The van der Waals surface area contributed by atoms with Gasteiger partial charge in [0.2, 0.25) is 10.0 Å². The second-order valence-electron chi connectivity index (χ2n) is 7.02. The SMILES string of the molecule is Cc1cc(C(=O)N2C[C@@H](Cc3ccccn3)[C@H](O)C2)cc(S(N)(=O)=O)c1C. The number of pyridine rings is 1. The van der Waals surface area contributed by atoms with Crippen LogP contribution in [0.3, 0.4) is 0 Å². The predicted molar refractivity (Wildman–Crippen MR) is 101 cm³/mol. The molecule has 2 atom stereocenters. The number of aromatic nitrogens is 1. The molecule has 1 aliphatic rings. The summed E-state index contributed by atoms with van der Waals surface area (Å²) in [5.41, 5.74) is 2.32. The number of nitrogens with zero attached hydrogens (tertiary/aromatic N) is 2. The molecular formula is C19H23N3O4S. The molecule has 27 heavy (non-hydrogen) atoms. The molecule has 2 heterocycles. The minimum absolute atomic E-state index is 0.0457. The number of rotatable bonds is 4. The molecule has 8 heteroatoms. The summed E-state index contributed by atoms with van der Waals surface area (Å²) in [5, 5.41) is 15.6. The fourth-order valence-electron chi connectivity index (χ4n) is 3.44. The summed E-state index contributed by atoms with van der Waals surface area (Å²) in [6, 6.07) is 8.58. The predicted octanol–water partition coefficient (Wildman–Crippen LogP) is 1.02. The maximum Gasteiger partial charge on any atom is 0.254 e. The smallest absolute Gasteiger partial charge is 0.254 e. The first-order chi connectivity index (χ1) is 12.7. The summed E-state index contributed by atoms with van der Waals surface area (Å²) in [7, 11) is -3.93. The van der Waals surface area contributed by atoms with E-state index in [0.29, 0.717) is 24.1 Å². The summed E-state index contributed by atoms with van der Waals surface area (Å²) >= 11 is 0. The molecule has 0 radical (unpaired) electrons. The van der Waals surface area contributed by atoms with Crippen molar-refractivity contribution in [1.82, 2.24) is 9.88 Å². The molecule has 0 aliphatic carbocycles. The third-order valence-electron chi connectivity index (χ3n) is 5.06. The Hall–Kier alpha value is -2.29. The van der Waals surface area contributed by atoms with Crippen molar-refractivity contribution < 1.29 is 18.3 Å². The molecule has 1 fully saturated rings. The molecule has 1 saturated heterocycles. The highest BCUT2D eigenvalue weighted by atomic mass is 32.2. The van der Waals surface area contributed by atoms with E-state index in [1.54, 1.807) is 31.0 Å². The molecule has 1 amide bonds. The maximum absolute atomic E-state index is 12.9. The van der Waals surface area contributed by atoms with E-state index in [9.17, 15) is 18.3 Å². The summed E-state index contributed by atoms with van der Waals surface area (Å²) in [4.78, 5) is 18.7. The summed E-state index contributed by atoms with van der Waals surface area (Å²) in [6.45, 7) is 3.98. The van der Waals surface area contributed by atoms with Gasteiger partial charge in [0, 0.05) is 36.5 Å². The zero-order valence-electron chi connectivity index (χ0n) is 15.3. The first-order valence-electron chi connectivity index (χ1n) is 8.68. The van der Waals surface area contributed by atoms with Gasteiger partial charge in [0.15, 0.2) is 0 Å². The first kappa shape index (κ1) is 19.5. The molecular weight excluding hydrogens is 366 g/mol. The number of aryl methyl sites for hydroxylation is 1. The van der Waals surface area contributed by atoms with Crippen molar-refractivity contribution in [2.24, 2.45) is 11.1 Å². The number of primary sulfonamides is 1. The quantitative estimate of drug-likeness (QED) is 0.810. The van der Waals surface area contributed by atoms with E-state index in [1.807, 2.05) is 18.2 Å². The van der Waals surface area contributed by atoms with Gasteiger partial charge in [-0.15, -0.1) is 0 Å². The van der Waals surface area contributed by atoms with Gasteiger partial charge < -0.3 is 10.0 Å². The lowest BCUT2D eigenvalue weighted by Crippen LogP contribution is -2.30. The molecule has 0 saturated carbocycles. The highest BCUT2D eigenvalue weighted by molar-refractivity contribution is 7.89. The molecule has 0 spiro atoms. The van der Waals surface area contributed by atoms with Gasteiger partial charge in [0.05, 0.1) is 11.0 Å². The van der Waals surface area contributed by atoms with E-state index in [4.69, 9.17) is 5.14 Å². The monoisotopic (exact) mass is 389 g/mol. The lowest BCUT2D eigenvalue weighted by Gasteiger charge is -2.18. The molecule has 7 nitrogen and oxygen atoms in total. The fourth-order valence-corrected chi connectivity index (χ4v) is 4.32. The molecule has 2 aromatic rings. The molecule has 3 N–H and O–H groups in total. The van der Waals surface area contributed by atoms with Crippen molar-refractivity contribution in [3.63, 3.8) is 0 Å². The maximum atomic E-state index is 12.9. The molecule has 1 aliphatic heterocycles. The van der Waals surface area contributed by atoms with Gasteiger partial charge >= 0.3 is 0 Å². The number of amides is 1. The van der Waals surface area contributed by atoms with Crippen molar-refractivity contribution in [3.05, 3.63) is 58.9 Å². The minimum Gasteiger partial charge on any atom is -0.391 e. The lowest BCUT2D eigenvalue weighted by atomic mass is 10.00. The Labute approximate surface area is 158 Å². The number of carbonyl (C=O) groups excluding carboxylic acids is 1. The highest BCUT2D eigenvalue weighted by Crippen LogP contribution is 2.25. The van der Waals surface area contributed by atoms with E-state index in [1.165, 1.54) is 6.07 Å². The molecule has 0 bridgehead atoms. The average molecular weight is 389 g/mol. The Balaban J connectivity index is 1.82. The van der Waals surface area contributed by atoms with Gasteiger partial charge in [-0.2, -0.15) is 0 Å². The van der Waals surface area contributed by atoms with Gasteiger partial charge in [-0.25, -0.2) is 13.6 Å². The third kappa shape index (κ3) is 4.18. The van der Waals surface area contributed by atoms with E-state index in [2.05, 4.69) is 4.98 Å². The Morgan fingerprint density at radius 1 is 1.30 bits per heavy atom. The second kappa shape index (κ2) is 7.38. The van der Waals surface area contributed by atoms with Gasteiger partial charge in [0.25, 0.3) is 5.91 Å². The van der Waals surface area contributed by atoms with Gasteiger partial charge in [0.1, 0.15) is 0 Å². The molecule has 3 rings (SSSR count). The summed E-state index contributed by atoms with van der Waals surface area (Å²) in [5.74, 6) is -0.432. The van der Waals surface area contributed by atoms with Crippen molar-refractivity contribution in [2.75, 3.05) is 13.1 Å². The van der Waals surface area contributed by atoms with Crippen LogP contribution < -0.4 is 5.14 Å². The fraction of sp³-hybridized carbons (Fsp3) is 0.368. The van der Waals surface area contributed by atoms with Crippen LogP contribution in [0.2, 0.25) is 0 Å². The lowest BCUT2D eigenvalue weighted by molar-refractivity contribution is 0.0764. The molecule has 1 aromatic heterocycles. The van der Waals surface area contributed by atoms with Crippen molar-refractivity contribution >= 4 is 15.9 Å². The van der Waals surface area contributed by atoms with Gasteiger partial charge in [-0.3, -0.25) is 9.78 Å². The van der Waals surface area contributed by atoms with Gasteiger partial charge in [-0.1, -0.05) is 6.07 Å². The average Bonchev–Trinajstić information content (AvgIpc) is 2.97. The Morgan fingerprint density at radius 3 is 2.67 bits per heavy atom. The summed E-state index contributed by atoms with van der Waals surface area (Å²) < 4.78 is 23.6. The van der Waals surface area contributed by atoms with Crippen molar-refractivity contribution in [1.29, 1.82) is 0 Å². The number of hydrogen-bond acceptors (Lipinski definition) is 5. The molecule has 1 aromatic carbocycles. The largest absolute Gasteiger partial charge is 0.391 e.